The molecule has 7 nitrogen and oxygen atoms in total. The van der Waals surface area contributed by atoms with Crippen molar-refractivity contribution < 1.29 is 13.9 Å². The first-order valence-corrected chi connectivity index (χ1v) is 13.3. The fourth-order valence-corrected chi connectivity index (χ4v) is 6.50. The molecule has 0 bridgehead atoms. The first-order valence-electron chi connectivity index (χ1n) is 12.5. The van der Waals surface area contributed by atoms with Crippen molar-refractivity contribution in [3.05, 3.63) is 53.5 Å². The lowest BCUT2D eigenvalue weighted by molar-refractivity contribution is 0.0909. The van der Waals surface area contributed by atoms with E-state index in [-0.39, 0.29) is 48.6 Å². The first-order chi connectivity index (χ1) is 17.5. The average Bonchev–Trinajstić information content (AvgIpc) is 3.60. The second-order valence-corrected chi connectivity index (χ2v) is 10.9. The van der Waals surface area contributed by atoms with E-state index in [1.165, 1.54) is 11.3 Å². The maximum Gasteiger partial charge on any atom is 0.255 e. The Kier molecular flexibility index (Phi) is 8.84. The van der Waals surface area contributed by atoms with Gasteiger partial charge in [0.25, 0.3) is 5.91 Å². The van der Waals surface area contributed by atoms with Crippen LogP contribution >= 0.6 is 36.2 Å². The van der Waals surface area contributed by atoms with E-state index in [1.54, 1.807) is 13.2 Å². The molecule has 2 aliphatic rings. The molecule has 0 radical (unpaired) electrons. The molecule has 0 saturated carbocycles. The Bertz CT molecular complexity index is 1450. The van der Waals surface area contributed by atoms with Crippen molar-refractivity contribution in [2.24, 2.45) is 0 Å². The van der Waals surface area contributed by atoms with Crippen molar-refractivity contribution in [1.29, 1.82) is 0 Å². The van der Waals surface area contributed by atoms with Gasteiger partial charge in [-0.3, -0.25) is 9.20 Å². The van der Waals surface area contributed by atoms with Gasteiger partial charge in [-0.15, -0.1) is 24.8 Å². The molecule has 2 aromatic heterocycles. The van der Waals surface area contributed by atoms with E-state index < -0.39 is 0 Å². The molecule has 2 aromatic carbocycles. The minimum absolute atomic E-state index is 0. The zero-order valence-corrected chi connectivity index (χ0v) is 23.8. The van der Waals surface area contributed by atoms with Gasteiger partial charge < -0.3 is 20.3 Å². The van der Waals surface area contributed by atoms with Crippen molar-refractivity contribution in [3.8, 4) is 17.0 Å². The number of ether oxygens (including phenoxy) is 1. The number of halogens is 3. The number of fused-ring (bicyclic) bond motifs is 3. The lowest BCUT2D eigenvalue weighted by Crippen LogP contribution is -2.46. The molecule has 2 fully saturated rings. The summed E-state index contributed by atoms with van der Waals surface area (Å²) in [6.45, 7) is 2.88. The standard InChI is InChI=1S/C27H30FN5O2S.2ClH/c1-32-10-4-5-17(14-32)30-26(34)19-12-25-23(13-24(19)35-2)33-15-22(31-27(33)36-25)18-8-7-16(11-20(18)28)21-6-3-9-29-21;;/h7-8,11-13,15,17,21,29H,3-6,9-10,14H2,1-2H3,(H,30,34);2*1H/t17-,21?;;/m1../s1. The van der Waals surface area contributed by atoms with Crippen LogP contribution in [0.4, 0.5) is 4.39 Å². The minimum atomic E-state index is -0.263. The largest absolute Gasteiger partial charge is 0.496 e. The molecule has 1 amide bonds. The highest BCUT2D eigenvalue weighted by molar-refractivity contribution is 7.23. The Hall–Kier alpha value is -2.43. The van der Waals surface area contributed by atoms with E-state index in [9.17, 15) is 4.79 Å². The first kappa shape index (κ1) is 28.6. The van der Waals surface area contributed by atoms with E-state index in [0.717, 1.165) is 66.1 Å². The van der Waals surface area contributed by atoms with Gasteiger partial charge in [0, 0.05) is 36.5 Å². The smallest absolute Gasteiger partial charge is 0.255 e. The van der Waals surface area contributed by atoms with Gasteiger partial charge in [-0.05, 0) is 69.6 Å². The number of thiazole rings is 1. The summed E-state index contributed by atoms with van der Waals surface area (Å²) in [6.07, 6.45) is 6.05. The van der Waals surface area contributed by atoms with Gasteiger partial charge >= 0.3 is 0 Å². The molecule has 11 heteroatoms. The molecule has 2 saturated heterocycles. The van der Waals surface area contributed by atoms with E-state index >= 15 is 4.39 Å². The molecule has 2 atom stereocenters. The molecule has 2 aliphatic heterocycles. The number of methoxy groups -OCH3 is 1. The van der Waals surface area contributed by atoms with Crippen LogP contribution in [0, 0.1) is 5.82 Å². The van der Waals surface area contributed by atoms with Gasteiger partial charge in [0.1, 0.15) is 11.6 Å². The molecule has 38 heavy (non-hydrogen) atoms. The Morgan fingerprint density at radius 2 is 2.05 bits per heavy atom. The molecule has 1 unspecified atom stereocenters. The number of likely N-dealkylation sites (tertiary alicyclic amines) is 1. The fourth-order valence-electron chi connectivity index (χ4n) is 5.47. The molecule has 4 heterocycles. The maximum absolute atomic E-state index is 15.1. The summed E-state index contributed by atoms with van der Waals surface area (Å²) in [5, 5.41) is 6.59. The van der Waals surface area contributed by atoms with E-state index in [1.807, 2.05) is 34.9 Å². The van der Waals surface area contributed by atoms with Crippen LogP contribution in [0.3, 0.4) is 0 Å². The van der Waals surface area contributed by atoms with Gasteiger partial charge in [0.05, 0.1) is 28.6 Å². The van der Waals surface area contributed by atoms with Gasteiger partial charge in [0.15, 0.2) is 4.96 Å². The molecule has 6 rings (SSSR count). The van der Waals surface area contributed by atoms with Crippen LogP contribution in [0.5, 0.6) is 5.75 Å². The summed E-state index contributed by atoms with van der Waals surface area (Å²) >= 11 is 1.48. The van der Waals surface area contributed by atoms with Crippen LogP contribution in [0.15, 0.2) is 36.5 Å². The lowest BCUT2D eigenvalue weighted by Gasteiger charge is -2.30. The zero-order chi connectivity index (χ0) is 24.8. The van der Waals surface area contributed by atoms with Crippen molar-refractivity contribution >= 4 is 57.2 Å². The van der Waals surface area contributed by atoms with E-state index in [4.69, 9.17) is 9.72 Å². The molecule has 0 aliphatic carbocycles. The zero-order valence-electron chi connectivity index (χ0n) is 21.3. The number of amides is 1. The quantitative estimate of drug-likeness (QED) is 0.329. The Morgan fingerprint density at radius 3 is 2.76 bits per heavy atom. The van der Waals surface area contributed by atoms with Crippen molar-refractivity contribution in [2.45, 2.75) is 37.8 Å². The van der Waals surface area contributed by atoms with Crippen molar-refractivity contribution in [3.63, 3.8) is 0 Å². The number of carbonyl (C=O) groups excluding carboxylic acids is 1. The number of aromatic nitrogens is 2. The summed E-state index contributed by atoms with van der Waals surface area (Å²) in [5.74, 6) is 0.125. The number of imidazole rings is 1. The van der Waals surface area contributed by atoms with Crippen LogP contribution < -0.4 is 15.4 Å². The normalized spacial score (nSPS) is 19.8. The van der Waals surface area contributed by atoms with Crippen LogP contribution in [0.25, 0.3) is 26.4 Å². The van der Waals surface area contributed by atoms with Crippen LogP contribution in [-0.2, 0) is 0 Å². The van der Waals surface area contributed by atoms with Gasteiger partial charge in [-0.1, -0.05) is 17.4 Å². The summed E-state index contributed by atoms with van der Waals surface area (Å²) in [5.41, 5.74) is 3.46. The SMILES string of the molecule is COc1cc2c(cc1C(=O)N[C@@H]1CCCN(C)C1)sc1nc(-c3ccc(C4CCCN4)cc3F)cn12.Cl.Cl. The number of hydrogen-bond donors (Lipinski definition) is 2. The molecule has 0 spiro atoms. The van der Waals surface area contributed by atoms with Crippen LogP contribution in [-0.4, -0.2) is 60.0 Å². The van der Waals surface area contributed by atoms with Gasteiger partial charge in [0.2, 0.25) is 0 Å². The second-order valence-electron chi connectivity index (χ2n) is 9.86. The molecule has 204 valence electrons. The molecular weight excluding hydrogens is 548 g/mol. The number of rotatable bonds is 5. The van der Waals surface area contributed by atoms with E-state index in [0.29, 0.717) is 22.6 Å². The highest BCUT2D eigenvalue weighted by atomic mass is 35.5. The molecule has 2 N–H and O–H groups in total. The number of nitrogens with one attached hydrogen (secondary N) is 2. The highest BCUT2D eigenvalue weighted by Crippen LogP contribution is 2.35. The van der Waals surface area contributed by atoms with Crippen LogP contribution in [0.2, 0.25) is 0 Å². The predicted molar refractivity (Wildman–Crippen MR) is 155 cm³/mol. The number of piperidine rings is 1. The third kappa shape index (κ3) is 5.35. The molecular formula is C27H32Cl2FN5O2S. The van der Waals surface area contributed by atoms with Crippen LogP contribution in [0.1, 0.15) is 47.6 Å². The Balaban J connectivity index is 0.00000168. The number of benzene rings is 2. The summed E-state index contributed by atoms with van der Waals surface area (Å²) in [4.78, 5) is 20.8. The van der Waals surface area contributed by atoms with Crippen molar-refractivity contribution in [2.75, 3.05) is 33.8 Å². The fraction of sp³-hybridized carbons (Fsp3) is 0.407. The number of likely N-dealkylation sites (N-methyl/N-ethyl adjacent to an activating group) is 1. The average molecular weight is 581 g/mol. The monoisotopic (exact) mass is 579 g/mol. The Morgan fingerprint density at radius 1 is 1.21 bits per heavy atom. The Labute approximate surface area is 237 Å². The number of hydrogen-bond acceptors (Lipinski definition) is 6. The second kappa shape index (κ2) is 11.8. The van der Waals surface area contributed by atoms with Gasteiger partial charge in [-0.25, -0.2) is 9.37 Å². The van der Waals surface area contributed by atoms with Gasteiger partial charge in [-0.2, -0.15) is 0 Å². The number of carbonyl (C=O) groups is 1. The minimum Gasteiger partial charge on any atom is -0.496 e. The van der Waals surface area contributed by atoms with E-state index in [2.05, 4.69) is 22.6 Å². The predicted octanol–water partition coefficient (Wildman–Crippen LogP) is 5.46. The summed E-state index contributed by atoms with van der Waals surface area (Å²) < 4.78 is 23.6. The topological polar surface area (TPSA) is 70.9 Å². The maximum atomic E-state index is 15.1. The summed E-state index contributed by atoms with van der Waals surface area (Å²) in [7, 11) is 3.65. The lowest BCUT2D eigenvalue weighted by atomic mass is 10.0. The number of nitrogens with zero attached hydrogens (tertiary/aromatic N) is 3. The molecule has 4 aromatic rings. The third-order valence-corrected chi connectivity index (χ3v) is 8.37. The summed E-state index contributed by atoms with van der Waals surface area (Å²) in [6, 6.07) is 9.54. The third-order valence-electron chi connectivity index (χ3n) is 7.35. The van der Waals surface area contributed by atoms with Crippen molar-refractivity contribution in [1.82, 2.24) is 24.9 Å². The highest BCUT2D eigenvalue weighted by Gasteiger charge is 2.24.